The number of nitrogens with one attached hydrogen (secondary N) is 1. The van der Waals surface area contributed by atoms with Gasteiger partial charge in [-0.25, -0.2) is 0 Å². The number of nitrogens with zero attached hydrogens (tertiary/aromatic N) is 1. The lowest BCUT2D eigenvalue weighted by molar-refractivity contribution is 0.0886. The topological polar surface area (TPSA) is 15.3 Å². The summed E-state index contributed by atoms with van der Waals surface area (Å²) < 4.78 is 0. The summed E-state index contributed by atoms with van der Waals surface area (Å²) in [6.07, 6.45) is 5.64. The first-order valence-electron chi connectivity index (χ1n) is 8.80. The van der Waals surface area contributed by atoms with Crippen molar-refractivity contribution in [2.75, 3.05) is 19.6 Å². The van der Waals surface area contributed by atoms with E-state index in [2.05, 4.69) is 54.4 Å². The van der Waals surface area contributed by atoms with Crippen LogP contribution in [-0.4, -0.2) is 30.6 Å². The minimum Gasteiger partial charge on any atom is -0.307 e. The summed E-state index contributed by atoms with van der Waals surface area (Å²) >= 11 is 0. The Labute approximate surface area is 129 Å². The minimum absolute atomic E-state index is 0.505. The number of benzene rings is 1. The molecule has 3 rings (SSSR count). The van der Waals surface area contributed by atoms with Crippen LogP contribution < -0.4 is 5.32 Å². The zero-order valence-electron chi connectivity index (χ0n) is 13.6. The second kappa shape index (κ2) is 6.93. The van der Waals surface area contributed by atoms with Gasteiger partial charge in [-0.05, 0) is 30.4 Å². The molecule has 116 valence electrons. The lowest BCUT2D eigenvalue weighted by Gasteiger charge is -2.43. The normalized spacial score (nSPS) is 28.5. The highest BCUT2D eigenvalue weighted by Gasteiger charge is 2.32. The van der Waals surface area contributed by atoms with Gasteiger partial charge in [-0.3, -0.25) is 4.90 Å². The predicted octanol–water partition coefficient (Wildman–Crippen LogP) is 3.85. The Morgan fingerprint density at radius 2 is 2.00 bits per heavy atom. The summed E-state index contributed by atoms with van der Waals surface area (Å²) in [5.74, 6) is 1.82. The summed E-state index contributed by atoms with van der Waals surface area (Å²) in [6.45, 7) is 8.35. The summed E-state index contributed by atoms with van der Waals surface area (Å²) in [5, 5.41) is 3.79. The molecule has 1 aliphatic heterocycles. The van der Waals surface area contributed by atoms with Gasteiger partial charge >= 0.3 is 0 Å². The lowest BCUT2D eigenvalue weighted by atomic mass is 9.92. The van der Waals surface area contributed by atoms with Crippen molar-refractivity contribution in [1.82, 2.24) is 10.2 Å². The number of piperazine rings is 1. The van der Waals surface area contributed by atoms with Crippen LogP contribution in [0.1, 0.15) is 51.1 Å². The fraction of sp³-hybridized carbons (Fsp3) is 0.684. The summed E-state index contributed by atoms with van der Waals surface area (Å²) in [5.41, 5.74) is 1.44. The van der Waals surface area contributed by atoms with Gasteiger partial charge in [-0.2, -0.15) is 0 Å². The van der Waals surface area contributed by atoms with Gasteiger partial charge in [0.25, 0.3) is 0 Å². The highest BCUT2D eigenvalue weighted by Crippen LogP contribution is 2.34. The summed E-state index contributed by atoms with van der Waals surface area (Å²) in [6, 6.07) is 12.2. The molecular weight excluding hydrogens is 256 g/mol. The standard InChI is InChI=1S/C19H30N2/c1-3-15(2)19-13-20-18(17-7-5-4-6-8-17)14-21(19)12-11-16-9-10-16/h4-8,15-16,18-20H,3,9-14H2,1-2H3. The maximum absolute atomic E-state index is 3.79. The molecule has 2 heteroatoms. The van der Waals surface area contributed by atoms with Crippen LogP contribution in [0.25, 0.3) is 0 Å². The molecule has 1 saturated heterocycles. The van der Waals surface area contributed by atoms with E-state index in [-0.39, 0.29) is 0 Å². The van der Waals surface area contributed by atoms with Gasteiger partial charge in [-0.15, -0.1) is 0 Å². The third-order valence-corrected chi connectivity index (χ3v) is 5.48. The largest absolute Gasteiger partial charge is 0.307 e. The molecule has 3 unspecified atom stereocenters. The summed E-state index contributed by atoms with van der Waals surface area (Å²) in [7, 11) is 0. The van der Waals surface area contributed by atoms with E-state index in [4.69, 9.17) is 0 Å². The molecule has 21 heavy (non-hydrogen) atoms. The molecule has 1 saturated carbocycles. The van der Waals surface area contributed by atoms with Gasteiger partial charge in [0.2, 0.25) is 0 Å². The summed E-state index contributed by atoms with van der Waals surface area (Å²) in [4.78, 5) is 2.78. The van der Waals surface area contributed by atoms with Gasteiger partial charge in [0.1, 0.15) is 0 Å². The van der Waals surface area contributed by atoms with Crippen LogP contribution >= 0.6 is 0 Å². The average Bonchev–Trinajstić information content (AvgIpc) is 3.37. The Morgan fingerprint density at radius 3 is 2.67 bits per heavy atom. The van der Waals surface area contributed by atoms with Crippen molar-refractivity contribution < 1.29 is 0 Å². The first-order valence-corrected chi connectivity index (χ1v) is 8.80. The van der Waals surface area contributed by atoms with E-state index in [1.54, 1.807) is 0 Å². The SMILES string of the molecule is CCC(C)C1CNC(c2ccccc2)CN1CCC1CC1. The van der Waals surface area contributed by atoms with E-state index < -0.39 is 0 Å². The first-order chi connectivity index (χ1) is 10.3. The Bertz CT molecular complexity index is 426. The molecule has 2 nitrogen and oxygen atoms in total. The van der Waals surface area contributed by atoms with E-state index in [9.17, 15) is 0 Å². The third-order valence-electron chi connectivity index (χ3n) is 5.48. The van der Waals surface area contributed by atoms with Crippen molar-refractivity contribution in [2.45, 2.75) is 51.6 Å². The van der Waals surface area contributed by atoms with Gasteiger partial charge in [-0.1, -0.05) is 63.4 Å². The van der Waals surface area contributed by atoms with Crippen LogP contribution in [0.15, 0.2) is 30.3 Å². The van der Waals surface area contributed by atoms with Gasteiger partial charge in [0.15, 0.2) is 0 Å². The fourth-order valence-corrected chi connectivity index (χ4v) is 3.58. The Morgan fingerprint density at radius 1 is 1.24 bits per heavy atom. The smallest absolute Gasteiger partial charge is 0.0449 e. The monoisotopic (exact) mass is 286 g/mol. The van der Waals surface area contributed by atoms with E-state index in [1.165, 1.54) is 44.3 Å². The molecule has 3 atom stereocenters. The second-order valence-corrected chi connectivity index (χ2v) is 7.05. The number of hydrogen-bond acceptors (Lipinski definition) is 2. The van der Waals surface area contributed by atoms with Crippen molar-refractivity contribution >= 4 is 0 Å². The van der Waals surface area contributed by atoms with Crippen LogP contribution in [0.3, 0.4) is 0 Å². The van der Waals surface area contributed by atoms with E-state index in [0.717, 1.165) is 18.4 Å². The Hall–Kier alpha value is -0.860. The van der Waals surface area contributed by atoms with Crippen LogP contribution in [0.2, 0.25) is 0 Å². The Balaban J connectivity index is 1.65. The number of hydrogen-bond donors (Lipinski definition) is 1. The average molecular weight is 286 g/mol. The van der Waals surface area contributed by atoms with Crippen LogP contribution in [0.4, 0.5) is 0 Å². The minimum atomic E-state index is 0.505. The molecule has 0 spiro atoms. The number of rotatable bonds is 6. The molecule has 1 aromatic carbocycles. The zero-order chi connectivity index (χ0) is 14.7. The van der Waals surface area contributed by atoms with Gasteiger partial charge in [0.05, 0.1) is 0 Å². The molecule has 0 amide bonds. The molecule has 1 aliphatic carbocycles. The van der Waals surface area contributed by atoms with E-state index in [1.807, 2.05) is 0 Å². The molecule has 0 radical (unpaired) electrons. The molecular formula is C19H30N2. The van der Waals surface area contributed by atoms with E-state index in [0.29, 0.717) is 12.1 Å². The zero-order valence-corrected chi connectivity index (χ0v) is 13.6. The molecule has 1 aromatic rings. The van der Waals surface area contributed by atoms with Crippen molar-refractivity contribution in [1.29, 1.82) is 0 Å². The van der Waals surface area contributed by atoms with Gasteiger partial charge in [0, 0.05) is 25.2 Å². The highest BCUT2D eigenvalue weighted by atomic mass is 15.2. The highest BCUT2D eigenvalue weighted by molar-refractivity contribution is 5.20. The van der Waals surface area contributed by atoms with Crippen LogP contribution in [0, 0.1) is 11.8 Å². The molecule has 1 N–H and O–H groups in total. The third kappa shape index (κ3) is 3.87. The van der Waals surface area contributed by atoms with E-state index >= 15 is 0 Å². The molecule has 0 aromatic heterocycles. The predicted molar refractivity (Wildman–Crippen MR) is 89.3 cm³/mol. The quantitative estimate of drug-likeness (QED) is 0.854. The first kappa shape index (κ1) is 15.1. The van der Waals surface area contributed by atoms with Crippen molar-refractivity contribution in [3.63, 3.8) is 0 Å². The molecule has 2 aliphatic rings. The second-order valence-electron chi connectivity index (χ2n) is 7.05. The molecule has 0 bridgehead atoms. The Kier molecular flexibility index (Phi) is 4.97. The molecule has 1 heterocycles. The van der Waals surface area contributed by atoms with Crippen LogP contribution in [0.5, 0.6) is 0 Å². The lowest BCUT2D eigenvalue weighted by Crippen LogP contribution is -2.55. The van der Waals surface area contributed by atoms with Crippen LogP contribution in [-0.2, 0) is 0 Å². The fourth-order valence-electron chi connectivity index (χ4n) is 3.58. The van der Waals surface area contributed by atoms with Crippen molar-refractivity contribution in [2.24, 2.45) is 11.8 Å². The maximum atomic E-state index is 3.79. The van der Waals surface area contributed by atoms with Gasteiger partial charge < -0.3 is 5.32 Å². The van der Waals surface area contributed by atoms with Crippen molar-refractivity contribution in [3.8, 4) is 0 Å². The van der Waals surface area contributed by atoms with Crippen molar-refractivity contribution in [3.05, 3.63) is 35.9 Å². The molecule has 2 fully saturated rings. The maximum Gasteiger partial charge on any atom is 0.0449 e.